The minimum atomic E-state index is -0.193. The molecule has 0 spiro atoms. The number of benzene rings is 3. The third-order valence-electron chi connectivity index (χ3n) is 5.83. The minimum Gasteiger partial charge on any atom is -0.456 e. The summed E-state index contributed by atoms with van der Waals surface area (Å²) in [5.41, 5.74) is 5.60. The highest BCUT2D eigenvalue weighted by Crippen LogP contribution is 2.33. The Morgan fingerprint density at radius 2 is 1.77 bits per heavy atom. The number of rotatable bonds is 7. The van der Waals surface area contributed by atoms with Crippen LogP contribution < -0.4 is 5.32 Å². The average Bonchev–Trinajstić information content (AvgIpc) is 3.61. The Kier molecular flexibility index (Phi) is 5.56. The second-order valence-electron chi connectivity index (χ2n) is 8.29. The number of nitrogens with zero attached hydrogens (tertiary/aromatic N) is 4. The van der Waals surface area contributed by atoms with Crippen molar-refractivity contribution in [3.05, 3.63) is 95.6 Å². The molecule has 3 heterocycles. The number of carbonyl (C=O) groups is 1. The zero-order valence-corrected chi connectivity index (χ0v) is 19.5. The van der Waals surface area contributed by atoms with Crippen LogP contribution in [0.3, 0.4) is 0 Å². The Bertz CT molecular complexity index is 1630. The van der Waals surface area contributed by atoms with E-state index in [9.17, 15) is 4.79 Å². The van der Waals surface area contributed by atoms with E-state index in [4.69, 9.17) is 4.42 Å². The number of nitrogens with one attached hydrogen (secondary N) is 1. The van der Waals surface area contributed by atoms with Gasteiger partial charge in [0.1, 0.15) is 17.7 Å². The fourth-order valence-electron chi connectivity index (χ4n) is 4.10. The zero-order chi connectivity index (χ0) is 23.6. The van der Waals surface area contributed by atoms with Gasteiger partial charge in [-0.3, -0.25) is 4.79 Å². The molecule has 7 nitrogen and oxygen atoms in total. The lowest BCUT2D eigenvalue weighted by atomic mass is 10.1. The molecule has 0 aliphatic heterocycles. The molecule has 0 bridgehead atoms. The van der Waals surface area contributed by atoms with Crippen molar-refractivity contribution in [3.8, 4) is 11.3 Å². The summed E-state index contributed by atoms with van der Waals surface area (Å²) >= 11 is 1.39. The first-order chi connectivity index (χ1) is 17.2. The van der Waals surface area contributed by atoms with Crippen LogP contribution in [0.15, 0.2) is 88.8 Å². The molecular formula is C27H21N5O2S. The third-order valence-corrected chi connectivity index (χ3v) is 6.59. The predicted molar refractivity (Wildman–Crippen MR) is 137 cm³/mol. The van der Waals surface area contributed by atoms with Crippen molar-refractivity contribution in [1.29, 1.82) is 0 Å². The van der Waals surface area contributed by atoms with Crippen molar-refractivity contribution < 1.29 is 9.21 Å². The third kappa shape index (κ3) is 4.56. The highest BCUT2D eigenvalue weighted by Gasteiger charge is 2.12. The lowest BCUT2D eigenvalue weighted by Gasteiger charge is -2.01. The second kappa shape index (κ2) is 9.15. The average molecular weight is 480 g/mol. The maximum atomic E-state index is 12.6. The summed E-state index contributed by atoms with van der Waals surface area (Å²) in [5.74, 6) is -0.193. The number of aromatic nitrogens is 4. The Morgan fingerprint density at radius 1 is 0.943 bits per heavy atom. The highest BCUT2D eigenvalue weighted by molar-refractivity contribution is 7.14. The Morgan fingerprint density at radius 3 is 2.69 bits per heavy atom. The van der Waals surface area contributed by atoms with Gasteiger partial charge in [0.15, 0.2) is 5.13 Å². The van der Waals surface area contributed by atoms with Gasteiger partial charge in [-0.25, -0.2) is 9.67 Å². The fourth-order valence-corrected chi connectivity index (χ4v) is 4.84. The van der Waals surface area contributed by atoms with Gasteiger partial charge >= 0.3 is 0 Å². The first-order valence-corrected chi connectivity index (χ1v) is 12.2. The summed E-state index contributed by atoms with van der Waals surface area (Å²) in [6.07, 6.45) is 3.48. The number of hydrogen-bond donors (Lipinski definition) is 1. The SMILES string of the molecule is O=C(Cn1cc(CCc2ccccc2)nn1)Nc1nc(-c2ccc3oc4ccccc4c3c2)cs1. The van der Waals surface area contributed by atoms with E-state index in [1.807, 2.05) is 60.1 Å². The molecule has 6 aromatic rings. The molecule has 0 saturated heterocycles. The van der Waals surface area contributed by atoms with Crippen LogP contribution in [0.5, 0.6) is 0 Å². The van der Waals surface area contributed by atoms with Crippen molar-refractivity contribution in [3.63, 3.8) is 0 Å². The Hall–Kier alpha value is -4.30. The van der Waals surface area contributed by atoms with Crippen LogP contribution in [0.25, 0.3) is 33.2 Å². The van der Waals surface area contributed by atoms with E-state index in [0.717, 1.165) is 51.7 Å². The number of para-hydroxylation sites is 1. The maximum Gasteiger partial charge on any atom is 0.247 e. The number of hydrogen-bond acceptors (Lipinski definition) is 6. The molecule has 1 N–H and O–H groups in total. The zero-order valence-electron chi connectivity index (χ0n) is 18.7. The molecule has 6 rings (SSSR count). The van der Waals surface area contributed by atoms with Crippen LogP contribution in [0.4, 0.5) is 5.13 Å². The second-order valence-corrected chi connectivity index (χ2v) is 9.15. The van der Waals surface area contributed by atoms with Crippen LogP contribution >= 0.6 is 11.3 Å². The first kappa shape index (κ1) is 21.2. The summed E-state index contributed by atoms with van der Waals surface area (Å²) in [6.45, 7) is 0.0835. The van der Waals surface area contributed by atoms with E-state index in [1.165, 1.54) is 16.9 Å². The van der Waals surface area contributed by atoms with E-state index in [-0.39, 0.29) is 12.5 Å². The van der Waals surface area contributed by atoms with Crippen LogP contribution in [0.1, 0.15) is 11.3 Å². The monoisotopic (exact) mass is 479 g/mol. The van der Waals surface area contributed by atoms with Crippen molar-refractivity contribution >= 4 is 44.3 Å². The van der Waals surface area contributed by atoms with Gasteiger partial charge in [0.25, 0.3) is 0 Å². The molecule has 0 aliphatic rings. The summed E-state index contributed by atoms with van der Waals surface area (Å²) < 4.78 is 7.47. The van der Waals surface area contributed by atoms with Crippen LogP contribution in [0.2, 0.25) is 0 Å². The van der Waals surface area contributed by atoms with Gasteiger partial charge in [0, 0.05) is 27.9 Å². The molecular weight excluding hydrogens is 458 g/mol. The van der Waals surface area contributed by atoms with Crippen LogP contribution in [-0.4, -0.2) is 25.9 Å². The number of aryl methyl sites for hydroxylation is 2. The van der Waals surface area contributed by atoms with Crippen molar-refractivity contribution in [2.45, 2.75) is 19.4 Å². The van der Waals surface area contributed by atoms with Crippen molar-refractivity contribution in [2.75, 3.05) is 5.32 Å². The summed E-state index contributed by atoms with van der Waals surface area (Å²) in [5, 5.41) is 15.8. The van der Waals surface area contributed by atoms with Gasteiger partial charge in [0.2, 0.25) is 5.91 Å². The highest BCUT2D eigenvalue weighted by atomic mass is 32.1. The van der Waals surface area contributed by atoms with E-state index in [0.29, 0.717) is 5.13 Å². The number of thiazole rings is 1. The quantitative estimate of drug-likeness (QED) is 0.316. The molecule has 0 aliphatic carbocycles. The van der Waals surface area contributed by atoms with E-state index >= 15 is 0 Å². The summed E-state index contributed by atoms with van der Waals surface area (Å²) in [4.78, 5) is 17.2. The lowest BCUT2D eigenvalue weighted by molar-refractivity contribution is -0.116. The molecule has 3 aromatic heterocycles. The topological polar surface area (TPSA) is 85.8 Å². The molecule has 0 unspecified atom stereocenters. The van der Waals surface area contributed by atoms with Gasteiger partial charge in [-0.05, 0) is 42.7 Å². The molecule has 0 radical (unpaired) electrons. The first-order valence-electron chi connectivity index (χ1n) is 11.3. The van der Waals surface area contributed by atoms with Gasteiger partial charge in [-0.15, -0.1) is 16.4 Å². The van der Waals surface area contributed by atoms with Crippen LogP contribution in [0, 0.1) is 0 Å². The standard InChI is InChI=1S/C27H21N5O2S/c33-26(16-32-15-20(30-31-32)12-10-18-6-2-1-3-7-18)29-27-28-23(17-35-27)19-11-13-25-22(14-19)21-8-4-5-9-24(21)34-25/h1-9,11,13-15,17H,10,12,16H2,(H,28,29,33). The summed E-state index contributed by atoms with van der Waals surface area (Å²) in [6, 6.07) is 24.2. The van der Waals surface area contributed by atoms with Gasteiger partial charge in [-0.1, -0.05) is 53.7 Å². The van der Waals surface area contributed by atoms with Crippen molar-refractivity contribution in [2.24, 2.45) is 0 Å². The van der Waals surface area contributed by atoms with E-state index < -0.39 is 0 Å². The number of fused-ring (bicyclic) bond motifs is 3. The Balaban J connectivity index is 1.10. The largest absolute Gasteiger partial charge is 0.456 e. The number of carbonyl (C=O) groups excluding carboxylic acids is 1. The molecule has 3 aromatic carbocycles. The number of amides is 1. The number of anilines is 1. The number of furan rings is 1. The normalized spacial score (nSPS) is 11.3. The predicted octanol–water partition coefficient (Wildman–Crippen LogP) is 5.72. The smallest absolute Gasteiger partial charge is 0.247 e. The fraction of sp³-hybridized carbons (Fsp3) is 0.111. The summed E-state index contributed by atoms with van der Waals surface area (Å²) in [7, 11) is 0. The molecule has 35 heavy (non-hydrogen) atoms. The van der Waals surface area contributed by atoms with E-state index in [1.54, 1.807) is 4.68 Å². The van der Waals surface area contributed by atoms with Crippen molar-refractivity contribution in [1.82, 2.24) is 20.0 Å². The minimum absolute atomic E-state index is 0.0835. The van der Waals surface area contributed by atoms with Crippen LogP contribution in [-0.2, 0) is 24.2 Å². The molecule has 172 valence electrons. The molecule has 0 saturated carbocycles. The maximum absolute atomic E-state index is 12.6. The van der Waals surface area contributed by atoms with E-state index in [2.05, 4.69) is 44.9 Å². The molecule has 1 amide bonds. The Labute approximate surface area is 205 Å². The lowest BCUT2D eigenvalue weighted by Crippen LogP contribution is -2.19. The van der Waals surface area contributed by atoms with Gasteiger partial charge in [0.05, 0.1) is 11.4 Å². The molecule has 8 heteroatoms. The van der Waals surface area contributed by atoms with Gasteiger partial charge in [-0.2, -0.15) is 0 Å². The molecule has 0 atom stereocenters. The van der Waals surface area contributed by atoms with Gasteiger partial charge < -0.3 is 9.73 Å². The molecule has 0 fully saturated rings.